The highest BCUT2D eigenvalue weighted by atomic mass is 19.1. The van der Waals surface area contributed by atoms with Crippen molar-refractivity contribution in [2.45, 2.75) is 52.6 Å². The molecule has 2 unspecified atom stereocenters. The molecule has 1 aromatic carbocycles. The summed E-state index contributed by atoms with van der Waals surface area (Å²) in [6.45, 7) is 9.94. The van der Waals surface area contributed by atoms with Crippen molar-refractivity contribution in [2.24, 2.45) is 0 Å². The maximum absolute atomic E-state index is 16.0. The molecule has 11 heteroatoms. The maximum atomic E-state index is 16.0. The Morgan fingerprint density at radius 1 is 1.16 bits per heavy atom. The minimum atomic E-state index is -0.889. The Balaban J connectivity index is 1.68. The van der Waals surface area contributed by atoms with E-state index in [1.807, 2.05) is 32.6 Å². The number of hydrogen-bond donors (Lipinski definition) is 1. The number of benzene rings is 1. The number of phenolic OH excluding ortho intramolecular Hbond substituents is 1. The Bertz CT molecular complexity index is 1940. The summed E-state index contributed by atoms with van der Waals surface area (Å²) in [5.74, 6) is 2.62. The van der Waals surface area contributed by atoms with E-state index >= 15 is 8.78 Å². The molecule has 0 spiro atoms. The first-order valence-corrected chi connectivity index (χ1v) is 14.4. The van der Waals surface area contributed by atoms with Gasteiger partial charge in [0.2, 0.25) is 5.75 Å². The fourth-order valence-electron chi connectivity index (χ4n) is 6.17. The van der Waals surface area contributed by atoms with Crippen LogP contribution in [0.3, 0.4) is 0 Å². The molecule has 1 N–H and O–H groups in total. The van der Waals surface area contributed by atoms with Crippen LogP contribution in [0, 0.1) is 30.4 Å². The summed E-state index contributed by atoms with van der Waals surface area (Å²) in [5, 5.41) is 10.8. The van der Waals surface area contributed by atoms with Gasteiger partial charge in [-0.1, -0.05) is 25.8 Å². The van der Waals surface area contributed by atoms with Gasteiger partial charge in [0.1, 0.15) is 23.9 Å². The summed E-state index contributed by atoms with van der Waals surface area (Å²) in [6.07, 6.45) is 1.65. The van der Waals surface area contributed by atoms with Crippen LogP contribution in [0.15, 0.2) is 41.3 Å². The molecule has 6 rings (SSSR count). The highest BCUT2D eigenvalue weighted by Gasteiger charge is 2.41. The van der Waals surface area contributed by atoms with E-state index in [1.165, 1.54) is 22.8 Å². The van der Waals surface area contributed by atoms with Gasteiger partial charge >= 0.3 is 5.56 Å². The predicted molar refractivity (Wildman–Crippen MR) is 162 cm³/mol. The summed E-state index contributed by atoms with van der Waals surface area (Å²) < 4.78 is 38.6. The van der Waals surface area contributed by atoms with Gasteiger partial charge in [0.25, 0.3) is 5.91 Å². The zero-order chi connectivity index (χ0) is 31.4. The van der Waals surface area contributed by atoms with Crippen molar-refractivity contribution in [1.29, 1.82) is 0 Å². The van der Waals surface area contributed by atoms with Crippen molar-refractivity contribution >= 4 is 22.6 Å². The van der Waals surface area contributed by atoms with Crippen LogP contribution in [0.2, 0.25) is 0 Å². The van der Waals surface area contributed by atoms with Gasteiger partial charge in [-0.15, -0.1) is 0 Å². The van der Waals surface area contributed by atoms with E-state index in [2.05, 4.69) is 21.8 Å². The van der Waals surface area contributed by atoms with Gasteiger partial charge in [-0.3, -0.25) is 19.1 Å². The normalized spacial score (nSPS) is 17.5. The first kappa shape index (κ1) is 29.1. The second-order valence-electron chi connectivity index (χ2n) is 11.5. The van der Waals surface area contributed by atoms with Gasteiger partial charge in [0, 0.05) is 30.7 Å². The molecular formula is C33H31F2N5O4. The SMILES string of the molecule is CC#CC(=O)N1CC2COc3c(c4cc(F)c(-c5c(O)cccc5F)nc4n(-c4c(C)ccnc4C(C)C)c3=O)N2CC1C. The Morgan fingerprint density at radius 3 is 2.64 bits per heavy atom. The Kier molecular flexibility index (Phi) is 7.24. The van der Waals surface area contributed by atoms with Crippen LogP contribution in [0.4, 0.5) is 14.5 Å². The molecule has 0 aliphatic carbocycles. The largest absolute Gasteiger partial charge is 0.507 e. The van der Waals surface area contributed by atoms with Crippen molar-refractivity contribution in [3.05, 3.63) is 69.8 Å². The number of fused-ring (bicyclic) bond motifs is 5. The molecule has 226 valence electrons. The van der Waals surface area contributed by atoms with Gasteiger partial charge in [-0.2, -0.15) is 0 Å². The van der Waals surface area contributed by atoms with Gasteiger partial charge in [-0.25, -0.2) is 13.8 Å². The molecule has 0 bridgehead atoms. The molecule has 9 nitrogen and oxygen atoms in total. The second-order valence-corrected chi connectivity index (χ2v) is 11.5. The van der Waals surface area contributed by atoms with Gasteiger partial charge in [-0.05, 0) is 62.4 Å². The number of ether oxygens (including phenoxy) is 1. The number of aromatic nitrogens is 3. The second kappa shape index (κ2) is 10.9. The number of carbonyl (C=O) groups is 1. The summed E-state index contributed by atoms with van der Waals surface area (Å²) in [4.78, 5) is 39.9. The van der Waals surface area contributed by atoms with E-state index in [0.717, 1.165) is 11.6 Å². The van der Waals surface area contributed by atoms with E-state index in [9.17, 15) is 14.7 Å². The number of hydrogen-bond acceptors (Lipinski definition) is 7. The lowest BCUT2D eigenvalue weighted by Crippen LogP contribution is -2.62. The van der Waals surface area contributed by atoms with E-state index in [-0.39, 0.29) is 53.8 Å². The third kappa shape index (κ3) is 4.53. The number of aromatic hydroxyl groups is 1. The Morgan fingerprint density at radius 2 is 1.93 bits per heavy atom. The fraction of sp³-hybridized carbons (Fsp3) is 0.333. The Hall–Kier alpha value is -4.98. The topological polar surface area (TPSA) is 101 Å². The standard InChI is InChI=1S/C33H31F2N5O4/c1-6-8-25(42)38-15-20-16-44-31-30(39(20)14-19(38)5)21-13-23(35)28(26-22(34)9-7-10-24(26)41)37-32(21)40(33(31)43)29-18(4)11-12-36-27(29)17(2)3/h7,9-13,17,19-20,41H,14-16H2,1-5H3. The molecule has 2 aliphatic heterocycles. The summed E-state index contributed by atoms with van der Waals surface area (Å²) in [6, 6.07) is 6.01. The number of rotatable bonds is 3. The number of halogens is 2. The molecule has 4 aromatic rings. The molecule has 2 aliphatic rings. The van der Waals surface area contributed by atoms with Crippen LogP contribution in [0.1, 0.15) is 44.9 Å². The molecule has 3 aromatic heterocycles. The monoisotopic (exact) mass is 599 g/mol. The van der Waals surface area contributed by atoms with Crippen molar-refractivity contribution in [3.63, 3.8) is 0 Å². The van der Waals surface area contributed by atoms with E-state index < -0.39 is 34.2 Å². The van der Waals surface area contributed by atoms with Crippen molar-refractivity contribution in [3.8, 4) is 40.3 Å². The Labute approximate surface area is 252 Å². The van der Waals surface area contributed by atoms with Crippen LogP contribution < -0.4 is 15.2 Å². The molecule has 1 fully saturated rings. The molecule has 0 radical (unpaired) electrons. The maximum Gasteiger partial charge on any atom is 0.301 e. The molecule has 2 atom stereocenters. The van der Waals surface area contributed by atoms with Gasteiger partial charge in [0.05, 0.1) is 28.7 Å². The summed E-state index contributed by atoms with van der Waals surface area (Å²) >= 11 is 0. The number of pyridine rings is 3. The van der Waals surface area contributed by atoms with Crippen LogP contribution >= 0.6 is 0 Å². The number of nitrogens with zero attached hydrogens (tertiary/aromatic N) is 5. The van der Waals surface area contributed by atoms with Crippen molar-refractivity contribution < 1.29 is 23.4 Å². The smallest absolute Gasteiger partial charge is 0.301 e. The zero-order valence-electron chi connectivity index (χ0n) is 25.0. The third-order valence-electron chi connectivity index (χ3n) is 8.23. The van der Waals surface area contributed by atoms with E-state index in [4.69, 9.17) is 4.74 Å². The number of amides is 1. The summed E-state index contributed by atoms with van der Waals surface area (Å²) in [5.41, 5.74) is 0.817. The average molecular weight is 600 g/mol. The zero-order valence-corrected chi connectivity index (χ0v) is 25.0. The highest BCUT2D eigenvalue weighted by Crippen LogP contribution is 2.43. The number of carbonyl (C=O) groups excluding carboxylic acids is 1. The minimum Gasteiger partial charge on any atom is -0.507 e. The number of aryl methyl sites for hydroxylation is 1. The molecule has 44 heavy (non-hydrogen) atoms. The van der Waals surface area contributed by atoms with E-state index in [1.54, 1.807) is 24.1 Å². The fourth-order valence-corrected chi connectivity index (χ4v) is 6.17. The minimum absolute atomic E-state index is 0.0229. The van der Waals surface area contributed by atoms with Gasteiger partial charge < -0.3 is 19.6 Å². The molecule has 1 saturated heterocycles. The lowest BCUT2D eigenvalue weighted by Gasteiger charge is -2.48. The number of phenols is 1. The van der Waals surface area contributed by atoms with Crippen LogP contribution in [-0.2, 0) is 4.79 Å². The first-order chi connectivity index (χ1) is 21.0. The highest BCUT2D eigenvalue weighted by molar-refractivity contribution is 5.97. The third-order valence-corrected chi connectivity index (χ3v) is 8.23. The molecule has 5 heterocycles. The first-order valence-electron chi connectivity index (χ1n) is 14.4. The summed E-state index contributed by atoms with van der Waals surface area (Å²) in [7, 11) is 0. The van der Waals surface area contributed by atoms with Crippen molar-refractivity contribution in [1.82, 2.24) is 19.4 Å². The van der Waals surface area contributed by atoms with Crippen molar-refractivity contribution in [2.75, 3.05) is 24.6 Å². The number of piperazine rings is 1. The lowest BCUT2D eigenvalue weighted by molar-refractivity contribution is -0.128. The quantitative estimate of drug-likeness (QED) is 0.341. The average Bonchev–Trinajstić information content (AvgIpc) is 2.97. The number of anilines is 1. The molecule has 1 amide bonds. The van der Waals surface area contributed by atoms with E-state index in [0.29, 0.717) is 23.6 Å². The molecular weight excluding hydrogens is 568 g/mol. The predicted octanol–water partition coefficient (Wildman–Crippen LogP) is 4.68. The molecule has 0 saturated carbocycles. The van der Waals surface area contributed by atoms with Crippen LogP contribution in [-0.4, -0.2) is 62.2 Å². The van der Waals surface area contributed by atoms with Gasteiger partial charge in [0.15, 0.2) is 11.5 Å². The van der Waals surface area contributed by atoms with Crippen LogP contribution in [0.25, 0.3) is 28.0 Å². The van der Waals surface area contributed by atoms with Crippen LogP contribution in [0.5, 0.6) is 11.5 Å². The lowest BCUT2D eigenvalue weighted by atomic mass is 10.0.